The Morgan fingerprint density at radius 2 is 1.94 bits per heavy atom. The van der Waals surface area contributed by atoms with E-state index in [2.05, 4.69) is 4.90 Å². The molecule has 9 heteroatoms. The van der Waals surface area contributed by atoms with Crippen molar-refractivity contribution in [3.8, 4) is 5.75 Å². The van der Waals surface area contributed by atoms with Crippen LogP contribution in [0, 0.1) is 0 Å². The first kappa shape index (κ1) is 22.8. The van der Waals surface area contributed by atoms with Crippen LogP contribution >= 0.6 is 11.8 Å². The molecule has 0 N–H and O–H groups in total. The number of hydrogen-bond donors (Lipinski definition) is 0. The number of nitrogens with zero attached hydrogens (tertiary/aromatic N) is 3. The third-order valence-electron chi connectivity index (χ3n) is 5.94. The predicted octanol–water partition coefficient (Wildman–Crippen LogP) is 2.89. The van der Waals surface area contributed by atoms with E-state index < -0.39 is 17.7 Å². The Bertz CT molecular complexity index is 909. The van der Waals surface area contributed by atoms with Gasteiger partial charge in [0.05, 0.1) is 5.88 Å². The van der Waals surface area contributed by atoms with Crippen LogP contribution in [0.5, 0.6) is 5.75 Å². The second-order valence-corrected chi connectivity index (χ2v) is 10.6. The van der Waals surface area contributed by atoms with Crippen LogP contribution in [0.25, 0.3) is 0 Å². The number of esters is 1. The number of ether oxygens (including phenoxy) is 2. The molecule has 3 aliphatic rings. The van der Waals surface area contributed by atoms with Gasteiger partial charge in [-0.15, -0.1) is 11.8 Å². The highest BCUT2D eigenvalue weighted by Gasteiger charge is 2.46. The van der Waals surface area contributed by atoms with E-state index in [4.69, 9.17) is 9.47 Å². The summed E-state index contributed by atoms with van der Waals surface area (Å²) in [7, 11) is 0. The lowest BCUT2D eigenvalue weighted by molar-refractivity contribution is -0.134. The lowest BCUT2D eigenvalue weighted by Gasteiger charge is -2.30. The van der Waals surface area contributed by atoms with Crippen molar-refractivity contribution in [1.82, 2.24) is 9.80 Å². The molecule has 3 aliphatic heterocycles. The van der Waals surface area contributed by atoms with E-state index in [-0.39, 0.29) is 17.9 Å². The van der Waals surface area contributed by atoms with Gasteiger partial charge in [-0.1, -0.05) is 0 Å². The zero-order valence-electron chi connectivity index (χ0n) is 19.1. The smallest absolute Gasteiger partial charge is 0.411 e. The second kappa shape index (κ2) is 8.84. The summed E-state index contributed by atoms with van der Waals surface area (Å²) < 4.78 is 10.9. The molecule has 0 aliphatic carbocycles. The third kappa shape index (κ3) is 4.82. The molecule has 0 saturated carbocycles. The molecule has 0 bridgehead atoms. The van der Waals surface area contributed by atoms with E-state index in [9.17, 15) is 14.4 Å². The minimum Gasteiger partial charge on any atom is -0.444 e. The van der Waals surface area contributed by atoms with Crippen molar-refractivity contribution < 1.29 is 23.9 Å². The summed E-state index contributed by atoms with van der Waals surface area (Å²) in [5, 5.41) is 0. The van der Waals surface area contributed by atoms with Crippen LogP contribution in [-0.4, -0.2) is 76.7 Å². The Balaban J connectivity index is 1.55. The number of hydrogen-bond acceptors (Lipinski definition) is 7. The van der Waals surface area contributed by atoms with Crippen molar-refractivity contribution in [3.05, 3.63) is 23.8 Å². The Labute approximate surface area is 193 Å². The van der Waals surface area contributed by atoms with E-state index >= 15 is 0 Å². The molecule has 0 spiro atoms. The fraction of sp³-hybridized carbons (Fsp3) is 0.609. The number of benzene rings is 1. The summed E-state index contributed by atoms with van der Waals surface area (Å²) in [6, 6.07) is 5.17. The lowest BCUT2D eigenvalue weighted by atomic mass is 10.1. The molecule has 0 unspecified atom stereocenters. The molecule has 3 heterocycles. The van der Waals surface area contributed by atoms with Crippen molar-refractivity contribution in [2.45, 2.75) is 58.2 Å². The van der Waals surface area contributed by atoms with E-state index in [1.165, 1.54) is 6.92 Å². The summed E-state index contributed by atoms with van der Waals surface area (Å²) in [6.45, 7) is 8.86. The topological polar surface area (TPSA) is 79.4 Å². The van der Waals surface area contributed by atoms with Crippen molar-refractivity contribution >= 4 is 35.4 Å². The van der Waals surface area contributed by atoms with Gasteiger partial charge in [-0.3, -0.25) is 14.5 Å². The maximum Gasteiger partial charge on any atom is 0.411 e. The molecule has 0 aromatic heterocycles. The van der Waals surface area contributed by atoms with Gasteiger partial charge in [-0.2, -0.15) is 0 Å². The largest absolute Gasteiger partial charge is 0.444 e. The number of likely N-dealkylation sites (tertiary alicyclic amines) is 1. The molecule has 174 valence electrons. The van der Waals surface area contributed by atoms with Gasteiger partial charge in [-0.05, 0) is 57.4 Å². The maximum atomic E-state index is 13.3. The summed E-state index contributed by atoms with van der Waals surface area (Å²) in [6.07, 6.45) is 0.967. The Kier molecular flexibility index (Phi) is 6.29. The Morgan fingerprint density at radius 3 is 2.59 bits per heavy atom. The zero-order chi connectivity index (χ0) is 23.0. The summed E-state index contributed by atoms with van der Waals surface area (Å²) in [5.41, 5.74) is 1.55. The summed E-state index contributed by atoms with van der Waals surface area (Å²) in [4.78, 5) is 43.3. The Hall–Kier alpha value is -2.42. The number of rotatable bonds is 3. The lowest BCUT2D eigenvalue weighted by Crippen LogP contribution is -2.48. The molecular weight excluding hydrogens is 430 g/mol. The van der Waals surface area contributed by atoms with Gasteiger partial charge in [0.15, 0.2) is 0 Å². The number of carbonyl (C=O) groups is 3. The minimum absolute atomic E-state index is 0.00739. The number of carbonyl (C=O) groups excluding carboxylic acids is 3. The highest BCUT2D eigenvalue weighted by molar-refractivity contribution is 7.99. The first-order chi connectivity index (χ1) is 15.1. The van der Waals surface area contributed by atoms with Crippen LogP contribution < -0.4 is 9.64 Å². The molecule has 2 amide bonds. The van der Waals surface area contributed by atoms with Gasteiger partial charge in [0, 0.05) is 44.0 Å². The van der Waals surface area contributed by atoms with Gasteiger partial charge in [0.2, 0.25) is 5.91 Å². The fourth-order valence-corrected chi connectivity index (χ4v) is 5.56. The molecule has 1 aromatic rings. The molecule has 4 rings (SSSR count). The van der Waals surface area contributed by atoms with Crippen molar-refractivity contribution in [2.24, 2.45) is 0 Å². The van der Waals surface area contributed by atoms with E-state index in [0.717, 1.165) is 36.5 Å². The maximum absolute atomic E-state index is 13.3. The van der Waals surface area contributed by atoms with E-state index in [1.807, 2.05) is 37.8 Å². The van der Waals surface area contributed by atoms with Crippen LogP contribution in [0.3, 0.4) is 0 Å². The molecule has 32 heavy (non-hydrogen) atoms. The van der Waals surface area contributed by atoms with Gasteiger partial charge >= 0.3 is 12.1 Å². The number of amides is 2. The van der Waals surface area contributed by atoms with Crippen molar-refractivity contribution in [3.63, 3.8) is 0 Å². The number of thioether (sulfide) groups is 1. The quantitative estimate of drug-likeness (QED) is 0.506. The molecular formula is C23H31N3O5S. The molecule has 1 aromatic carbocycles. The monoisotopic (exact) mass is 461 g/mol. The van der Waals surface area contributed by atoms with Crippen LogP contribution in [0.2, 0.25) is 0 Å². The van der Waals surface area contributed by atoms with Gasteiger partial charge in [-0.25, -0.2) is 4.79 Å². The molecule has 2 atom stereocenters. The van der Waals surface area contributed by atoms with E-state index in [0.29, 0.717) is 24.6 Å². The normalized spacial score (nSPS) is 22.8. The standard InChI is InChI=1S/C23H31N3O5S/c1-15(27)30-18-5-6-19-16(11-18)7-8-25(19)17-12-20(21(28)24-9-10-32-14-24)26(13-17)22(29)31-23(2,3)4/h5-6,11,17,20H,7-10,12-14H2,1-4H3/t17-,20-/m0/s1. The minimum atomic E-state index is -0.625. The molecule has 8 nitrogen and oxygen atoms in total. The van der Waals surface area contributed by atoms with Gasteiger partial charge in [0.25, 0.3) is 0 Å². The molecule has 2 fully saturated rings. The van der Waals surface area contributed by atoms with Crippen LogP contribution in [0.15, 0.2) is 18.2 Å². The van der Waals surface area contributed by atoms with Crippen LogP contribution in [-0.2, 0) is 20.7 Å². The van der Waals surface area contributed by atoms with Crippen molar-refractivity contribution in [2.75, 3.05) is 36.2 Å². The first-order valence-corrected chi connectivity index (χ1v) is 12.2. The number of fused-ring (bicyclic) bond motifs is 1. The second-order valence-electron chi connectivity index (χ2n) is 9.50. The summed E-state index contributed by atoms with van der Waals surface area (Å²) in [5.74, 6) is 1.81. The van der Waals surface area contributed by atoms with Crippen molar-refractivity contribution in [1.29, 1.82) is 0 Å². The highest BCUT2D eigenvalue weighted by Crippen LogP contribution is 2.37. The average Bonchev–Trinajstić information content (AvgIpc) is 3.44. The van der Waals surface area contributed by atoms with Gasteiger partial charge in [0.1, 0.15) is 17.4 Å². The van der Waals surface area contributed by atoms with Crippen LogP contribution in [0.4, 0.5) is 10.5 Å². The highest BCUT2D eigenvalue weighted by atomic mass is 32.2. The predicted molar refractivity (Wildman–Crippen MR) is 123 cm³/mol. The van der Waals surface area contributed by atoms with Gasteiger partial charge < -0.3 is 19.3 Å². The zero-order valence-corrected chi connectivity index (χ0v) is 19.9. The fourth-order valence-electron chi connectivity index (χ4n) is 4.61. The average molecular weight is 462 g/mol. The Morgan fingerprint density at radius 1 is 1.16 bits per heavy atom. The first-order valence-electron chi connectivity index (χ1n) is 11.1. The molecule has 0 radical (unpaired) electrons. The van der Waals surface area contributed by atoms with E-state index in [1.54, 1.807) is 22.7 Å². The third-order valence-corrected chi connectivity index (χ3v) is 6.91. The van der Waals surface area contributed by atoms with Crippen LogP contribution in [0.1, 0.15) is 39.7 Å². The summed E-state index contributed by atoms with van der Waals surface area (Å²) >= 11 is 1.74. The SMILES string of the molecule is CC(=O)Oc1ccc2c(c1)CCN2[C@H]1C[C@@H](C(=O)N2CCSC2)N(C(=O)OC(C)(C)C)C1. The molecule has 2 saturated heterocycles. The number of anilines is 1.